The van der Waals surface area contributed by atoms with Gasteiger partial charge in [0.25, 0.3) is 0 Å². The smallest absolute Gasteiger partial charge is 0.329 e. The van der Waals surface area contributed by atoms with Crippen molar-refractivity contribution >= 4 is 41.4 Å². The highest BCUT2D eigenvalue weighted by Gasteiger charge is 2.38. The van der Waals surface area contributed by atoms with Crippen molar-refractivity contribution in [3.8, 4) is 0 Å². The highest BCUT2D eigenvalue weighted by molar-refractivity contribution is 5.97. The van der Waals surface area contributed by atoms with Gasteiger partial charge in [-0.25, -0.2) is 4.79 Å². The topological polar surface area (TPSA) is 206 Å². The maximum absolute atomic E-state index is 13.9. The molecule has 6 atom stereocenters. The van der Waals surface area contributed by atoms with Crippen LogP contribution >= 0.6 is 0 Å². The summed E-state index contributed by atoms with van der Waals surface area (Å²) in [7, 11) is 1.34. The number of hydrogen-bond donors (Lipinski definition) is 5. The molecule has 0 radical (unpaired) electrons. The Hall–Kier alpha value is -5.79. The van der Waals surface area contributed by atoms with Crippen molar-refractivity contribution in [2.24, 2.45) is 11.7 Å². The largest absolute Gasteiger partial charge is 0.458 e. The maximum Gasteiger partial charge on any atom is 0.329 e. The summed E-state index contributed by atoms with van der Waals surface area (Å²) >= 11 is 0. The number of esters is 1. The van der Waals surface area contributed by atoms with E-state index in [1.54, 1.807) is 24.3 Å². The fraction of sp³-hybridized carbons (Fsp3) is 0.425. The van der Waals surface area contributed by atoms with Crippen molar-refractivity contribution in [3.63, 3.8) is 0 Å². The number of nitrogens with zero attached hydrogens (tertiary/aromatic N) is 1. The van der Waals surface area contributed by atoms with Crippen LogP contribution in [0.1, 0.15) is 60.8 Å². The van der Waals surface area contributed by atoms with Crippen molar-refractivity contribution in [1.29, 1.82) is 0 Å². The molecule has 0 aromatic heterocycles. The van der Waals surface area contributed by atoms with Crippen molar-refractivity contribution < 1.29 is 38.3 Å². The minimum atomic E-state index is -1.45. The molecule has 6 N–H and O–H groups in total. The zero-order chi connectivity index (χ0) is 40.6. The van der Waals surface area contributed by atoms with Gasteiger partial charge in [0, 0.05) is 19.5 Å². The van der Waals surface area contributed by atoms with E-state index in [1.165, 1.54) is 40.0 Å². The van der Waals surface area contributed by atoms with E-state index in [-0.39, 0.29) is 25.2 Å². The third-order valence-electron chi connectivity index (χ3n) is 7.78. The van der Waals surface area contributed by atoms with Gasteiger partial charge in [-0.15, -0.1) is 0 Å². The van der Waals surface area contributed by atoms with Crippen molar-refractivity contribution in [2.45, 2.75) is 97.1 Å². The molecule has 0 aromatic rings. The Labute approximate surface area is 318 Å². The van der Waals surface area contributed by atoms with Gasteiger partial charge in [0.15, 0.2) is 0 Å². The Balaban J connectivity index is 3.33. The highest BCUT2D eigenvalue weighted by atomic mass is 16.5. The number of nitrogens with one attached hydrogen (secondary N) is 4. The van der Waals surface area contributed by atoms with Gasteiger partial charge in [0.1, 0.15) is 36.3 Å². The van der Waals surface area contributed by atoms with Gasteiger partial charge < -0.3 is 36.6 Å². The predicted octanol–water partition coefficient (Wildman–Crippen LogP) is 2.52. The van der Waals surface area contributed by atoms with Gasteiger partial charge in [0.05, 0.1) is 0 Å². The number of carbonyl (C=O) groups is 7. The first kappa shape index (κ1) is 46.2. The summed E-state index contributed by atoms with van der Waals surface area (Å²) in [5.41, 5.74) is 5.29. The van der Waals surface area contributed by atoms with Gasteiger partial charge in [0.2, 0.25) is 35.4 Å². The monoisotopic (exact) mass is 748 g/mol. The zero-order valence-electron chi connectivity index (χ0n) is 32.2. The lowest BCUT2D eigenvalue weighted by Crippen LogP contribution is -2.61. The van der Waals surface area contributed by atoms with Crippen molar-refractivity contribution in [3.05, 3.63) is 97.2 Å². The number of ether oxygens (including phenoxy) is 1. The van der Waals surface area contributed by atoms with Gasteiger partial charge in [-0.3, -0.25) is 28.8 Å². The van der Waals surface area contributed by atoms with E-state index in [1.807, 2.05) is 81.5 Å². The second-order valence-corrected chi connectivity index (χ2v) is 12.9. The van der Waals surface area contributed by atoms with Crippen molar-refractivity contribution in [2.75, 3.05) is 7.05 Å². The highest BCUT2D eigenvalue weighted by Crippen LogP contribution is 2.14. The van der Waals surface area contributed by atoms with Gasteiger partial charge in [-0.1, -0.05) is 105 Å². The molecule has 1 saturated heterocycles. The average Bonchev–Trinajstić information content (AvgIpc) is 3.10. The molecule has 54 heavy (non-hydrogen) atoms. The minimum absolute atomic E-state index is 0.0766. The number of carbonyl (C=O) groups excluding carboxylic acids is 7. The normalized spacial score (nSPS) is 24.4. The molecule has 6 amide bonds. The first-order chi connectivity index (χ1) is 25.6. The average molecular weight is 749 g/mol. The molecule has 14 nitrogen and oxygen atoms in total. The number of hydrogen-bond acceptors (Lipinski definition) is 8. The van der Waals surface area contributed by atoms with Gasteiger partial charge in [-0.2, -0.15) is 0 Å². The molecule has 1 aliphatic heterocycles. The van der Waals surface area contributed by atoms with Crippen LogP contribution in [0.5, 0.6) is 0 Å². The Morgan fingerprint density at radius 1 is 0.685 bits per heavy atom. The summed E-state index contributed by atoms with van der Waals surface area (Å²) < 4.78 is 5.63. The molecule has 1 rings (SSSR count). The number of cyclic esters (lactones) is 1. The molecular formula is C40H56N6O8. The second-order valence-electron chi connectivity index (χ2n) is 12.9. The zero-order valence-corrected chi connectivity index (χ0v) is 32.2. The van der Waals surface area contributed by atoms with Crippen LogP contribution in [-0.2, 0) is 38.3 Å². The lowest BCUT2D eigenvalue weighted by molar-refractivity contribution is -0.160. The van der Waals surface area contributed by atoms with Crippen LogP contribution in [-0.4, -0.2) is 89.7 Å². The number of primary amides is 1. The van der Waals surface area contributed by atoms with Crippen LogP contribution in [0.25, 0.3) is 0 Å². The SMILES string of the molecule is C/C=C/C=C/C=C/C=C/C=C/C=C/C=C/C=C/C(=O)N(C)[C@@H]1C(=O)N[C@@H](CC(C)C)C(=O)N[C@@H](C)C(=O)N[C@@H](C)C(=O)N[C@@H](CCC(N)=O)C(=O)O[C@@H]1C. The fourth-order valence-electron chi connectivity index (χ4n) is 4.88. The molecule has 0 saturated carbocycles. The Morgan fingerprint density at radius 3 is 1.61 bits per heavy atom. The lowest BCUT2D eigenvalue weighted by Gasteiger charge is -2.33. The summed E-state index contributed by atoms with van der Waals surface area (Å²) in [6.45, 7) is 9.80. The molecule has 1 aliphatic rings. The molecule has 1 fully saturated rings. The van der Waals surface area contributed by atoms with Crippen LogP contribution in [0.3, 0.4) is 0 Å². The van der Waals surface area contributed by atoms with Crippen LogP contribution < -0.4 is 27.0 Å². The molecule has 294 valence electrons. The van der Waals surface area contributed by atoms with E-state index < -0.39 is 77.7 Å². The molecular weight excluding hydrogens is 692 g/mol. The number of amides is 6. The third-order valence-corrected chi connectivity index (χ3v) is 7.78. The van der Waals surface area contributed by atoms with Crippen LogP contribution in [0, 0.1) is 5.92 Å². The summed E-state index contributed by atoms with van der Waals surface area (Å²) in [6.07, 6.45) is 26.9. The predicted molar refractivity (Wildman–Crippen MR) is 208 cm³/mol. The van der Waals surface area contributed by atoms with Crippen LogP contribution in [0.15, 0.2) is 97.2 Å². The molecule has 0 aliphatic carbocycles. The first-order valence-corrected chi connectivity index (χ1v) is 17.8. The number of nitrogens with two attached hydrogens (primary N) is 1. The minimum Gasteiger partial charge on any atom is -0.458 e. The fourth-order valence-corrected chi connectivity index (χ4v) is 4.88. The lowest BCUT2D eigenvalue weighted by atomic mass is 10.0. The second kappa shape index (κ2) is 25.2. The summed E-state index contributed by atoms with van der Waals surface area (Å²) in [4.78, 5) is 92.5. The van der Waals surface area contributed by atoms with E-state index >= 15 is 0 Å². The Morgan fingerprint density at radius 2 is 1.13 bits per heavy atom. The van der Waals surface area contributed by atoms with Crippen LogP contribution in [0.4, 0.5) is 0 Å². The molecule has 0 bridgehead atoms. The molecule has 1 heterocycles. The molecule has 0 spiro atoms. The van der Waals surface area contributed by atoms with E-state index in [2.05, 4.69) is 21.3 Å². The van der Waals surface area contributed by atoms with E-state index in [0.29, 0.717) is 0 Å². The Kier molecular flexibility index (Phi) is 21.6. The Bertz CT molecular complexity index is 1550. The first-order valence-electron chi connectivity index (χ1n) is 17.8. The summed E-state index contributed by atoms with van der Waals surface area (Å²) in [5, 5.41) is 10.2. The standard InChI is InChI=1S/C40H56N6O8/c1-8-9-10-11-12-13-14-15-16-17-18-19-20-21-22-23-34(48)46(7)35-30(6)54-40(53)31(24-25-33(41)47)44-37(50)29(5)42-36(49)28(4)43-38(51)32(26-27(2)3)45-39(35)52/h8-23,27-32,35H,24-26H2,1-7H3,(H2,41,47)(H,42,49)(H,43,51)(H,44,50)(H,45,52)/b9-8+,11-10+,13-12+,15-14+,17-16+,19-18+,21-20+,23-22+/t28-,29-,30+,31-,32-,35-/m0/s1. The van der Waals surface area contributed by atoms with Crippen molar-refractivity contribution in [1.82, 2.24) is 26.2 Å². The van der Waals surface area contributed by atoms with E-state index in [4.69, 9.17) is 10.5 Å². The molecule has 14 heteroatoms. The number of likely N-dealkylation sites (N-methyl/N-ethyl adjacent to an activating group) is 1. The maximum atomic E-state index is 13.9. The van der Waals surface area contributed by atoms with E-state index in [0.717, 1.165) is 4.90 Å². The number of allylic oxidation sites excluding steroid dienone is 15. The quantitative estimate of drug-likeness (QED) is 0.101. The molecule has 0 unspecified atom stereocenters. The summed E-state index contributed by atoms with van der Waals surface area (Å²) in [5.74, 6) is -5.38. The van der Waals surface area contributed by atoms with E-state index in [9.17, 15) is 33.6 Å². The van der Waals surface area contributed by atoms with Gasteiger partial charge in [-0.05, 0) is 46.5 Å². The van der Waals surface area contributed by atoms with Crippen LogP contribution in [0.2, 0.25) is 0 Å². The summed E-state index contributed by atoms with van der Waals surface area (Å²) in [6, 6.07) is -6.21. The third kappa shape index (κ3) is 18.1. The molecule has 0 aromatic carbocycles. The number of rotatable bonds is 14. The van der Waals surface area contributed by atoms with Gasteiger partial charge >= 0.3 is 5.97 Å².